The van der Waals surface area contributed by atoms with Crippen molar-refractivity contribution in [3.05, 3.63) is 53.9 Å². The monoisotopic (exact) mass is 415 g/mol. The summed E-state index contributed by atoms with van der Waals surface area (Å²) in [6.07, 6.45) is 0.548. The van der Waals surface area contributed by atoms with Crippen LogP contribution in [-0.4, -0.2) is 27.0 Å². The summed E-state index contributed by atoms with van der Waals surface area (Å²) in [5, 5.41) is 12.0. The molecule has 0 aliphatic rings. The molecule has 3 aromatic heterocycles. The van der Waals surface area contributed by atoms with Gasteiger partial charge in [-0.3, -0.25) is 0 Å². The van der Waals surface area contributed by atoms with Gasteiger partial charge in [0.25, 0.3) is 4.21 Å². The fourth-order valence-corrected chi connectivity index (χ4v) is 6.32. The Hall–Kier alpha value is -1.90. The minimum Gasteiger partial charge on any atom is -0.396 e. The number of rotatable bonds is 6. The third kappa shape index (κ3) is 3.61. The molecule has 27 heavy (non-hydrogen) atoms. The van der Waals surface area contributed by atoms with Crippen molar-refractivity contribution >= 4 is 49.8 Å². The molecule has 0 radical (unpaired) electrons. The zero-order valence-electron chi connectivity index (χ0n) is 14.5. The number of aliphatic hydroxyl groups excluding tert-OH is 1. The van der Waals surface area contributed by atoms with E-state index in [0.717, 1.165) is 36.1 Å². The van der Waals surface area contributed by atoms with Gasteiger partial charge in [-0.1, -0.05) is 47.7 Å². The van der Waals surface area contributed by atoms with E-state index in [2.05, 4.69) is 24.3 Å². The topological polar surface area (TPSA) is 79.4 Å². The second kappa shape index (κ2) is 8.00. The summed E-state index contributed by atoms with van der Waals surface area (Å²) in [6.45, 7) is 0.0604. The van der Waals surface area contributed by atoms with Crippen LogP contribution in [0.25, 0.3) is 31.9 Å². The largest absolute Gasteiger partial charge is 0.396 e. The predicted octanol–water partition coefficient (Wildman–Crippen LogP) is 5.11. The van der Waals surface area contributed by atoms with E-state index in [4.69, 9.17) is 15.8 Å². The Morgan fingerprint density at radius 2 is 1.93 bits per heavy atom. The van der Waals surface area contributed by atoms with Crippen LogP contribution in [0.1, 0.15) is 6.42 Å². The molecule has 3 heterocycles. The molecule has 1 aromatic carbocycles. The first-order valence-electron chi connectivity index (χ1n) is 8.52. The van der Waals surface area contributed by atoms with Crippen LogP contribution >= 0.6 is 22.7 Å². The van der Waals surface area contributed by atoms with Gasteiger partial charge in [0.05, 0.1) is 10.6 Å². The molecular formula is C20H19N2O2S3+. The Labute approximate surface area is 168 Å². The lowest BCUT2D eigenvalue weighted by atomic mass is 10.0. The van der Waals surface area contributed by atoms with Crippen LogP contribution in [0.15, 0.2) is 58.1 Å². The molecule has 0 aliphatic heterocycles. The Kier molecular flexibility index (Phi) is 5.47. The van der Waals surface area contributed by atoms with Crippen LogP contribution in [0, 0.1) is 0 Å². The lowest BCUT2D eigenvalue weighted by Crippen LogP contribution is -2.08. The third-order valence-electron chi connectivity index (χ3n) is 4.23. The number of benzene rings is 1. The highest BCUT2D eigenvalue weighted by Gasteiger charge is 2.29. The van der Waals surface area contributed by atoms with Crippen molar-refractivity contribution in [2.75, 3.05) is 18.1 Å². The molecule has 0 aliphatic carbocycles. The molecule has 4 aromatic rings. The van der Waals surface area contributed by atoms with E-state index in [1.807, 2.05) is 29.6 Å². The number of nitrogen functional groups attached to an aromatic ring is 1. The van der Waals surface area contributed by atoms with Crippen LogP contribution in [0.4, 0.5) is 5.69 Å². The number of fused-ring (bicyclic) bond motifs is 1. The number of hydrogen-bond donors (Lipinski definition) is 3. The number of nitrogens with two attached hydrogens (primary N) is 1. The second-order valence-corrected chi connectivity index (χ2v) is 9.78. The van der Waals surface area contributed by atoms with E-state index >= 15 is 0 Å². The van der Waals surface area contributed by atoms with Crippen LogP contribution in [0.5, 0.6) is 0 Å². The van der Waals surface area contributed by atoms with E-state index < -0.39 is 11.2 Å². The number of anilines is 1. The van der Waals surface area contributed by atoms with Crippen molar-refractivity contribution in [2.24, 2.45) is 0 Å². The first-order chi connectivity index (χ1) is 13.2. The van der Waals surface area contributed by atoms with Gasteiger partial charge in [0.15, 0.2) is 11.2 Å². The number of nitrogens with zero attached hydrogens (tertiary/aromatic N) is 1. The van der Waals surface area contributed by atoms with Gasteiger partial charge in [-0.15, -0.1) is 11.3 Å². The fourth-order valence-electron chi connectivity index (χ4n) is 2.97. The highest BCUT2D eigenvalue weighted by Crippen LogP contribution is 2.43. The summed E-state index contributed by atoms with van der Waals surface area (Å²) in [5.74, 6) is 0.506. The van der Waals surface area contributed by atoms with Gasteiger partial charge in [0, 0.05) is 18.4 Å². The van der Waals surface area contributed by atoms with Crippen LogP contribution in [0.2, 0.25) is 0 Å². The van der Waals surface area contributed by atoms with E-state index in [1.54, 1.807) is 11.3 Å². The molecule has 4 nitrogen and oxygen atoms in total. The molecule has 0 bridgehead atoms. The van der Waals surface area contributed by atoms with Crippen molar-refractivity contribution in [1.82, 2.24) is 4.98 Å². The maximum Gasteiger partial charge on any atom is 0.269 e. The zero-order valence-corrected chi connectivity index (χ0v) is 16.9. The van der Waals surface area contributed by atoms with Gasteiger partial charge in [0.1, 0.15) is 16.3 Å². The van der Waals surface area contributed by atoms with Crippen LogP contribution in [-0.2, 0) is 11.2 Å². The van der Waals surface area contributed by atoms with Crippen molar-refractivity contribution in [2.45, 2.75) is 10.6 Å². The van der Waals surface area contributed by atoms with Gasteiger partial charge >= 0.3 is 0 Å². The summed E-state index contributed by atoms with van der Waals surface area (Å²) in [5.41, 5.74) is 10.1. The van der Waals surface area contributed by atoms with Gasteiger partial charge in [-0.25, -0.2) is 4.98 Å². The predicted molar refractivity (Wildman–Crippen MR) is 118 cm³/mol. The van der Waals surface area contributed by atoms with Gasteiger partial charge < -0.3 is 10.8 Å². The van der Waals surface area contributed by atoms with E-state index in [-0.39, 0.29) is 6.61 Å². The quantitative estimate of drug-likeness (QED) is 0.383. The first kappa shape index (κ1) is 18.5. The summed E-state index contributed by atoms with van der Waals surface area (Å²) >= 11 is 2.11. The van der Waals surface area contributed by atoms with E-state index in [1.165, 1.54) is 11.3 Å². The Morgan fingerprint density at radius 3 is 2.63 bits per heavy atom. The number of pyridine rings is 1. The second-order valence-electron chi connectivity index (χ2n) is 6.03. The van der Waals surface area contributed by atoms with E-state index in [0.29, 0.717) is 17.9 Å². The van der Waals surface area contributed by atoms with Crippen molar-refractivity contribution < 1.29 is 9.66 Å². The first-order valence-corrected chi connectivity index (χ1v) is 11.6. The zero-order chi connectivity index (χ0) is 18.8. The normalized spacial score (nSPS) is 12.5. The summed E-state index contributed by atoms with van der Waals surface area (Å²) < 4.78 is 11.3. The van der Waals surface area contributed by atoms with Gasteiger partial charge in [-0.2, -0.15) is 4.55 Å². The highest BCUT2D eigenvalue weighted by molar-refractivity contribution is 7.93. The molecule has 0 saturated heterocycles. The van der Waals surface area contributed by atoms with Crippen molar-refractivity contribution in [3.8, 4) is 21.7 Å². The molecule has 4 rings (SSSR count). The Bertz CT molecular complexity index is 1050. The lowest BCUT2D eigenvalue weighted by Gasteiger charge is -2.07. The fraction of sp³-hybridized carbons (Fsp3) is 0.150. The number of thiophene rings is 2. The Balaban J connectivity index is 1.93. The van der Waals surface area contributed by atoms with E-state index in [9.17, 15) is 4.55 Å². The lowest BCUT2D eigenvalue weighted by molar-refractivity contribution is 0.295. The van der Waals surface area contributed by atoms with Crippen LogP contribution in [0.3, 0.4) is 0 Å². The summed E-state index contributed by atoms with van der Waals surface area (Å²) in [7, 11) is 0. The van der Waals surface area contributed by atoms with Crippen LogP contribution < -0.4 is 5.73 Å². The van der Waals surface area contributed by atoms with Crippen molar-refractivity contribution in [3.63, 3.8) is 0 Å². The highest BCUT2D eigenvalue weighted by atomic mass is 32.2. The molecule has 7 heteroatoms. The van der Waals surface area contributed by atoms with Crippen molar-refractivity contribution in [1.29, 1.82) is 0 Å². The molecular weight excluding hydrogens is 396 g/mol. The molecule has 4 N–H and O–H groups in total. The standard InChI is InChI=1S/C20H19N2O2S3/c21-18-17-14(13-6-2-1-3-7-13)12-15(16-8-4-10-25-16)22-19(17)26-20(18)27(24)11-5-9-23/h1-4,6-8,10,12,23-24H,5,9,11,21H2/q+1. The average Bonchev–Trinajstić information content (AvgIpc) is 3.35. The minimum absolute atomic E-state index is 0.0604. The van der Waals surface area contributed by atoms with Gasteiger partial charge in [0.2, 0.25) is 0 Å². The molecule has 0 spiro atoms. The number of hydrogen-bond acceptors (Lipinski definition) is 6. The SMILES string of the molecule is Nc1c([S+](O)CCCO)sc2nc(-c3cccs3)cc(-c3ccccc3)c12. The smallest absolute Gasteiger partial charge is 0.269 e. The molecule has 0 fully saturated rings. The molecule has 1 unspecified atom stereocenters. The maximum atomic E-state index is 10.6. The molecule has 138 valence electrons. The average molecular weight is 416 g/mol. The molecule has 1 atom stereocenters. The molecule has 0 amide bonds. The van der Waals surface area contributed by atoms with Gasteiger partial charge in [-0.05, 0) is 28.6 Å². The third-order valence-corrected chi connectivity index (χ3v) is 8.17. The molecule has 0 saturated carbocycles. The number of aromatic nitrogens is 1. The number of aliphatic hydroxyl groups is 1. The summed E-state index contributed by atoms with van der Waals surface area (Å²) in [4.78, 5) is 6.78. The minimum atomic E-state index is -0.989. The maximum absolute atomic E-state index is 10.6. The summed E-state index contributed by atoms with van der Waals surface area (Å²) in [6, 6.07) is 16.3. The Morgan fingerprint density at radius 1 is 1.11 bits per heavy atom.